The van der Waals surface area contributed by atoms with Gasteiger partial charge in [-0.3, -0.25) is 9.59 Å². The van der Waals surface area contributed by atoms with Crippen molar-refractivity contribution >= 4 is 11.8 Å². The molecule has 0 aromatic heterocycles. The normalized spacial score (nSPS) is 13.4. The Bertz CT molecular complexity index is 314. The summed E-state index contributed by atoms with van der Waals surface area (Å²) in [6.07, 6.45) is 0.137. The van der Waals surface area contributed by atoms with Crippen molar-refractivity contribution in [2.24, 2.45) is 11.7 Å². The predicted octanol–water partition coefficient (Wildman–Crippen LogP) is -0.831. The molecule has 0 unspecified atom stereocenters. The van der Waals surface area contributed by atoms with E-state index in [2.05, 4.69) is 5.32 Å². The van der Waals surface area contributed by atoms with Gasteiger partial charge in [-0.15, -0.1) is 0 Å². The third-order valence-electron chi connectivity index (χ3n) is 2.27. The Morgan fingerprint density at radius 2 is 2.11 bits per heavy atom. The first-order valence-electron chi connectivity index (χ1n) is 5.55. The van der Waals surface area contributed by atoms with Crippen LogP contribution >= 0.6 is 0 Å². The second-order valence-electron chi connectivity index (χ2n) is 3.83. The van der Waals surface area contributed by atoms with E-state index in [1.54, 1.807) is 6.92 Å². The summed E-state index contributed by atoms with van der Waals surface area (Å²) in [5, 5.41) is 11.0. The number of rotatable bonds is 9. The van der Waals surface area contributed by atoms with E-state index in [-0.39, 0.29) is 18.9 Å². The third-order valence-corrected chi connectivity index (χ3v) is 2.27. The second-order valence-corrected chi connectivity index (χ2v) is 3.83. The Balaban J connectivity index is 4.13. The summed E-state index contributed by atoms with van der Waals surface area (Å²) in [4.78, 5) is 22.6. The molecule has 18 heavy (non-hydrogen) atoms. The summed E-state index contributed by atoms with van der Waals surface area (Å²) < 4.78 is 9.75. The number of hydrogen-bond donors (Lipinski definition) is 2. The van der Waals surface area contributed by atoms with Gasteiger partial charge in [-0.1, -0.05) is 6.92 Å². The van der Waals surface area contributed by atoms with Crippen molar-refractivity contribution in [3.8, 4) is 6.07 Å². The summed E-state index contributed by atoms with van der Waals surface area (Å²) in [5.74, 6) is -1.45. The van der Waals surface area contributed by atoms with Gasteiger partial charge >= 0.3 is 0 Å². The minimum Gasteiger partial charge on any atom is -0.382 e. The standard InChI is InChI=1S/C11H19N3O4/c1-8(3-4-12)10(11(13)16)14-9(15)7-18-6-5-17-2/h8,10H,3,5-7H2,1-2H3,(H2,13,16)(H,14,15)/t8-,10-/m1/s1. The van der Waals surface area contributed by atoms with Crippen LogP contribution in [0.25, 0.3) is 0 Å². The van der Waals surface area contributed by atoms with E-state index in [0.29, 0.717) is 13.2 Å². The topological polar surface area (TPSA) is 114 Å². The molecule has 0 spiro atoms. The van der Waals surface area contributed by atoms with E-state index in [4.69, 9.17) is 20.5 Å². The molecule has 2 atom stereocenters. The minimum atomic E-state index is -0.858. The molecule has 0 aliphatic rings. The van der Waals surface area contributed by atoms with Gasteiger partial charge in [0, 0.05) is 13.5 Å². The Labute approximate surface area is 106 Å². The van der Waals surface area contributed by atoms with Crippen LogP contribution in [0.2, 0.25) is 0 Å². The average molecular weight is 257 g/mol. The summed E-state index contributed by atoms with van der Waals surface area (Å²) in [5.41, 5.74) is 5.17. The molecule has 7 nitrogen and oxygen atoms in total. The van der Waals surface area contributed by atoms with E-state index in [1.807, 2.05) is 6.07 Å². The van der Waals surface area contributed by atoms with Crippen molar-refractivity contribution < 1.29 is 19.1 Å². The lowest BCUT2D eigenvalue weighted by atomic mass is 9.98. The minimum absolute atomic E-state index is 0.137. The fourth-order valence-electron chi connectivity index (χ4n) is 1.28. The SMILES string of the molecule is COCCOCC(=O)N[C@@H](C(N)=O)[C@H](C)CC#N. The van der Waals surface area contributed by atoms with Gasteiger partial charge in [0.1, 0.15) is 12.6 Å². The average Bonchev–Trinajstić information content (AvgIpc) is 2.31. The van der Waals surface area contributed by atoms with Crippen LogP contribution in [0.4, 0.5) is 0 Å². The molecule has 0 saturated carbocycles. The molecule has 0 saturated heterocycles. The van der Waals surface area contributed by atoms with Gasteiger partial charge in [0.25, 0.3) is 0 Å². The lowest BCUT2D eigenvalue weighted by Crippen LogP contribution is -2.49. The van der Waals surface area contributed by atoms with Crippen LogP contribution in [0, 0.1) is 17.2 Å². The molecule has 0 aromatic carbocycles. The van der Waals surface area contributed by atoms with Crippen LogP contribution in [-0.4, -0.2) is 44.8 Å². The highest BCUT2D eigenvalue weighted by molar-refractivity contribution is 5.87. The van der Waals surface area contributed by atoms with E-state index in [1.165, 1.54) is 7.11 Å². The predicted molar refractivity (Wildman–Crippen MR) is 63.2 cm³/mol. The van der Waals surface area contributed by atoms with Crippen molar-refractivity contribution in [1.82, 2.24) is 5.32 Å². The molecule has 0 rings (SSSR count). The van der Waals surface area contributed by atoms with Gasteiger partial charge in [0.05, 0.1) is 19.3 Å². The number of carbonyl (C=O) groups excluding carboxylic acids is 2. The molecule has 0 fully saturated rings. The Kier molecular flexibility index (Phi) is 8.53. The van der Waals surface area contributed by atoms with Gasteiger partial charge < -0.3 is 20.5 Å². The molecule has 102 valence electrons. The van der Waals surface area contributed by atoms with Crippen molar-refractivity contribution in [3.63, 3.8) is 0 Å². The molecule has 0 aliphatic carbocycles. The maximum Gasteiger partial charge on any atom is 0.246 e. The number of nitriles is 1. The Morgan fingerprint density at radius 1 is 1.44 bits per heavy atom. The summed E-state index contributed by atoms with van der Waals surface area (Å²) in [7, 11) is 1.52. The number of methoxy groups -OCH3 is 1. The molecule has 7 heteroatoms. The van der Waals surface area contributed by atoms with E-state index in [9.17, 15) is 9.59 Å². The van der Waals surface area contributed by atoms with E-state index >= 15 is 0 Å². The van der Waals surface area contributed by atoms with Crippen molar-refractivity contribution in [2.75, 3.05) is 26.9 Å². The number of nitrogens with two attached hydrogens (primary N) is 1. The lowest BCUT2D eigenvalue weighted by molar-refractivity contribution is -0.131. The third kappa shape index (κ3) is 6.83. The Morgan fingerprint density at radius 3 is 2.61 bits per heavy atom. The number of ether oxygens (including phenoxy) is 2. The molecular weight excluding hydrogens is 238 g/mol. The zero-order valence-electron chi connectivity index (χ0n) is 10.6. The summed E-state index contributed by atoms with van der Waals surface area (Å²) in [6.45, 7) is 2.17. The number of amides is 2. The highest BCUT2D eigenvalue weighted by atomic mass is 16.5. The Hall–Kier alpha value is -1.65. The van der Waals surface area contributed by atoms with Crippen LogP contribution < -0.4 is 11.1 Å². The highest BCUT2D eigenvalue weighted by Gasteiger charge is 2.24. The lowest BCUT2D eigenvalue weighted by Gasteiger charge is -2.20. The van der Waals surface area contributed by atoms with Gasteiger partial charge in [-0.25, -0.2) is 0 Å². The molecule has 0 heterocycles. The quantitative estimate of drug-likeness (QED) is 0.523. The zero-order valence-corrected chi connectivity index (χ0v) is 10.6. The molecule has 0 aromatic rings. The fourth-order valence-corrected chi connectivity index (χ4v) is 1.28. The first kappa shape index (κ1) is 16.4. The van der Waals surface area contributed by atoms with Crippen molar-refractivity contribution in [1.29, 1.82) is 5.26 Å². The molecule has 0 aliphatic heterocycles. The largest absolute Gasteiger partial charge is 0.382 e. The van der Waals surface area contributed by atoms with Crippen molar-refractivity contribution in [3.05, 3.63) is 0 Å². The number of carbonyl (C=O) groups is 2. The van der Waals surface area contributed by atoms with E-state index < -0.39 is 17.9 Å². The van der Waals surface area contributed by atoms with Gasteiger partial charge in [0.15, 0.2) is 0 Å². The van der Waals surface area contributed by atoms with Crippen LogP contribution in [0.3, 0.4) is 0 Å². The smallest absolute Gasteiger partial charge is 0.246 e. The second kappa shape index (κ2) is 9.39. The van der Waals surface area contributed by atoms with Crippen LogP contribution in [0.15, 0.2) is 0 Å². The monoisotopic (exact) mass is 257 g/mol. The number of nitrogens with zero attached hydrogens (tertiary/aromatic N) is 1. The molecule has 0 radical (unpaired) electrons. The van der Waals surface area contributed by atoms with Crippen LogP contribution in [0.1, 0.15) is 13.3 Å². The van der Waals surface area contributed by atoms with Crippen LogP contribution in [-0.2, 0) is 19.1 Å². The van der Waals surface area contributed by atoms with Gasteiger partial charge in [0.2, 0.25) is 11.8 Å². The summed E-state index contributed by atoms with van der Waals surface area (Å²) >= 11 is 0. The maximum atomic E-state index is 11.5. The van der Waals surface area contributed by atoms with Gasteiger partial charge in [-0.05, 0) is 5.92 Å². The summed E-state index contributed by atoms with van der Waals surface area (Å²) in [6, 6.07) is 1.07. The molecule has 0 bridgehead atoms. The van der Waals surface area contributed by atoms with E-state index in [0.717, 1.165) is 0 Å². The highest BCUT2D eigenvalue weighted by Crippen LogP contribution is 2.07. The first-order chi connectivity index (χ1) is 8.52. The molecule has 3 N–H and O–H groups in total. The van der Waals surface area contributed by atoms with Crippen LogP contribution in [0.5, 0.6) is 0 Å². The number of primary amides is 1. The first-order valence-corrected chi connectivity index (χ1v) is 5.55. The van der Waals surface area contributed by atoms with Gasteiger partial charge in [-0.2, -0.15) is 5.26 Å². The molecular formula is C11H19N3O4. The molecule has 2 amide bonds. The number of hydrogen-bond acceptors (Lipinski definition) is 5. The van der Waals surface area contributed by atoms with Crippen molar-refractivity contribution in [2.45, 2.75) is 19.4 Å². The number of nitrogens with one attached hydrogen (secondary N) is 1. The zero-order chi connectivity index (χ0) is 14.0. The maximum absolute atomic E-state index is 11.5. The fraction of sp³-hybridized carbons (Fsp3) is 0.727.